The number of nitrogens with one attached hydrogen (secondary N) is 1. The van der Waals surface area contributed by atoms with Gasteiger partial charge in [-0.25, -0.2) is 9.59 Å². The first-order chi connectivity index (χ1) is 10.1. The van der Waals surface area contributed by atoms with Crippen LogP contribution in [-0.2, 0) is 4.79 Å². The smallest absolute Gasteiger partial charge is 0.326 e. The molecule has 0 aromatic carbocycles. The molecule has 21 heavy (non-hydrogen) atoms. The molecule has 3 unspecified atom stereocenters. The number of carbonyl (C=O) groups excluding carboxylic acids is 1. The van der Waals surface area contributed by atoms with Crippen molar-refractivity contribution in [2.75, 3.05) is 6.54 Å². The van der Waals surface area contributed by atoms with Gasteiger partial charge in [0.15, 0.2) is 0 Å². The van der Waals surface area contributed by atoms with Crippen LogP contribution in [0.25, 0.3) is 0 Å². The molecule has 1 aliphatic heterocycles. The van der Waals surface area contributed by atoms with Crippen LogP contribution in [0.1, 0.15) is 51.9 Å². The van der Waals surface area contributed by atoms with Crippen LogP contribution in [0, 0.1) is 17.8 Å². The molecule has 1 heterocycles. The zero-order valence-corrected chi connectivity index (χ0v) is 12.8. The van der Waals surface area contributed by atoms with Crippen LogP contribution in [-0.4, -0.2) is 40.6 Å². The van der Waals surface area contributed by atoms with E-state index in [9.17, 15) is 14.7 Å². The van der Waals surface area contributed by atoms with Crippen molar-refractivity contribution in [3.05, 3.63) is 0 Å². The van der Waals surface area contributed by atoms with Crippen molar-refractivity contribution < 1.29 is 14.7 Å². The van der Waals surface area contributed by atoms with E-state index in [1.165, 1.54) is 0 Å². The zero-order valence-electron chi connectivity index (χ0n) is 12.8. The van der Waals surface area contributed by atoms with Crippen LogP contribution in [0.5, 0.6) is 0 Å². The maximum atomic E-state index is 12.5. The Bertz CT molecular complexity index is 418. The summed E-state index contributed by atoms with van der Waals surface area (Å²) in [5, 5.41) is 12.6. The van der Waals surface area contributed by atoms with E-state index >= 15 is 0 Å². The van der Waals surface area contributed by atoms with E-state index < -0.39 is 12.0 Å². The SMILES string of the molecule is CC1CCC(NC(=O)N2CC3CCCC3C2C(=O)O)CC1. The average Bonchev–Trinajstić information content (AvgIpc) is 3.00. The molecule has 118 valence electrons. The summed E-state index contributed by atoms with van der Waals surface area (Å²) >= 11 is 0. The second kappa shape index (κ2) is 5.85. The van der Waals surface area contributed by atoms with Crippen LogP contribution in [0.3, 0.4) is 0 Å². The van der Waals surface area contributed by atoms with E-state index in [0.29, 0.717) is 12.5 Å². The van der Waals surface area contributed by atoms with Gasteiger partial charge in [-0.2, -0.15) is 0 Å². The number of hydrogen-bond acceptors (Lipinski definition) is 2. The standard InChI is InChI=1S/C16H26N2O3/c1-10-5-7-12(8-6-10)17-16(21)18-9-11-3-2-4-13(11)14(18)15(19)20/h10-14H,2-9H2,1H3,(H,17,21)(H,19,20). The monoisotopic (exact) mass is 294 g/mol. The molecule has 2 aliphatic carbocycles. The molecule has 1 saturated heterocycles. The fraction of sp³-hybridized carbons (Fsp3) is 0.875. The Balaban J connectivity index is 1.62. The molecule has 2 saturated carbocycles. The van der Waals surface area contributed by atoms with E-state index in [4.69, 9.17) is 0 Å². The van der Waals surface area contributed by atoms with Gasteiger partial charge in [0.05, 0.1) is 0 Å². The number of aliphatic carboxylic acids is 1. The Hall–Kier alpha value is -1.26. The first-order valence-electron chi connectivity index (χ1n) is 8.36. The average molecular weight is 294 g/mol. The van der Waals surface area contributed by atoms with Gasteiger partial charge < -0.3 is 15.3 Å². The summed E-state index contributed by atoms with van der Waals surface area (Å²) < 4.78 is 0. The molecule has 0 radical (unpaired) electrons. The molecule has 0 bridgehead atoms. The predicted molar refractivity (Wildman–Crippen MR) is 78.9 cm³/mol. The summed E-state index contributed by atoms with van der Waals surface area (Å²) in [5.41, 5.74) is 0. The normalized spacial score (nSPS) is 39.1. The third kappa shape index (κ3) is 2.87. The minimum Gasteiger partial charge on any atom is -0.480 e. The van der Waals surface area contributed by atoms with Gasteiger partial charge in [0.25, 0.3) is 0 Å². The molecular formula is C16H26N2O3. The largest absolute Gasteiger partial charge is 0.480 e. The lowest BCUT2D eigenvalue weighted by Gasteiger charge is -2.30. The Kier molecular flexibility index (Phi) is 4.09. The maximum Gasteiger partial charge on any atom is 0.326 e. The van der Waals surface area contributed by atoms with Crippen molar-refractivity contribution in [2.24, 2.45) is 17.8 Å². The number of fused-ring (bicyclic) bond motifs is 1. The van der Waals surface area contributed by atoms with Crippen molar-refractivity contribution >= 4 is 12.0 Å². The lowest BCUT2D eigenvalue weighted by molar-refractivity contribution is -0.142. The van der Waals surface area contributed by atoms with Crippen LogP contribution >= 0.6 is 0 Å². The highest BCUT2D eigenvalue weighted by Crippen LogP contribution is 2.42. The number of amides is 2. The van der Waals surface area contributed by atoms with E-state index in [0.717, 1.165) is 50.9 Å². The number of rotatable bonds is 2. The zero-order chi connectivity index (χ0) is 15.0. The number of carboxylic acid groups (broad SMARTS) is 1. The molecule has 5 heteroatoms. The quantitative estimate of drug-likeness (QED) is 0.822. The topological polar surface area (TPSA) is 69.6 Å². The Morgan fingerprint density at radius 2 is 1.81 bits per heavy atom. The van der Waals surface area contributed by atoms with E-state index in [-0.39, 0.29) is 18.0 Å². The molecule has 0 aromatic rings. The molecule has 3 fully saturated rings. The number of nitrogens with zero attached hydrogens (tertiary/aromatic N) is 1. The number of likely N-dealkylation sites (tertiary alicyclic amines) is 1. The molecule has 3 atom stereocenters. The maximum absolute atomic E-state index is 12.5. The molecule has 0 aromatic heterocycles. The van der Waals surface area contributed by atoms with E-state index in [2.05, 4.69) is 12.2 Å². The summed E-state index contributed by atoms with van der Waals surface area (Å²) in [5.74, 6) is 0.468. The molecule has 0 spiro atoms. The van der Waals surface area contributed by atoms with Gasteiger partial charge in [0.1, 0.15) is 6.04 Å². The first kappa shape index (κ1) is 14.7. The summed E-state index contributed by atoms with van der Waals surface area (Å²) in [4.78, 5) is 25.7. The first-order valence-corrected chi connectivity index (χ1v) is 8.36. The van der Waals surface area contributed by atoms with Gasteiger partial charge in [0.2, 0.25) is 0 Å². The Morgan fingerprint density at radius 1 is 1.10 bits per heavy atom. The third-order valence-corrected chi connectivity index (χ3v) is 5.75. The number of urea groups is 1. The highest BCUT2D eigenvalue weighted by Gasteiger charge is 2.49. The van der Waals surface area contributed by atoms with Crippen LogP contribution < -0.4 is 5.32 Å². The Labute approximate surface area is 126 Å². The van der Waals surface area contributed by atoms with Gasteiger partial charge >= 0.3 is 12.0 Å². The molecular weight excluding hydrogens is 268 g/mol. The lowest BCUT2D eigenvalue weighted by atomic mass is 9.87. The van der Waals surface area contributed by atoms with Gasteiger partial charge in [-0.05, 0) is 56.3 Å². The second-order valence-corrected chi connectivity index (χ2v) is 7.20. The number of carboxylic acids is 1. The van der Waals surface area contributed by atoms with Gasteiger partial charge in [-0.1, -0.05) is 13.3 Å². The number of carbonyl (C=O) groups is 2. The minimum atomic E-state index is -0.836. The molecule has 3 rings (SSSR count). The van der Waals surface area contributed by atoms with Crippen molar-refractivity contribution in [3.8, 4) is 0 Å². The highest BCUT2D eigenvalue weighted by molar-refractivity contribution is 5.84. The van der Waals surface area contributed by atoms with Gasteiger partial charge in [0, 0.05) is 12.6 Å². The van der Waals surface area contributed by atoms with Crippen LogP contribution in [0.15, 0.2) is 0 Å². The number of hydrogen-bond donors (Lipinski definition) is 2. The van der Waals surface area contributed by atoms with Crippen molar-refractivity contribution in [1.29, 1.82) is 0 Å². The third-order valence-electron chi connectivity index (χ3n) is 5.75. The van der Waals surface area contributed by atoms with Crippen molar-refractivity contribution in [3.63, 3.8) is 0 Å². The van der Waals surface area contributed by atoms with E-state index in [1.807, 2.05) is 0 Å². The second-order valence-electron chi connectivity index (χ2n) is 7.20. The van der Waals surface area contributed by atoms with Gasteiger partial charge in [-0.3, -0.25) is 0 Å². The van der Waals surface area contributed by atoms with Crippen molar-refractivity contribution in [2.45, 2.75) is 64.0 Å². The molecule has 2 amide bonds. The predicted octanol–water partition coefficient (Wildman–Crippen LogP) is 2.46. The van der Waals surface area contributed by atoms with E-state index in [1.54, 1.807) is 4.90 Å². The van der Waals surface area contributed by atoms with Gasteiger partial charge in [-0.15, -0.1) is 0 Å². The Morgan fingerprint density at radius 3 is 2.48 bits per heavy atom. The molecule has 2 N–H and O–H groups in total. The summed E-state index contributed by atoms with van der Waals surface area (Å²) in [7, 11) is 0. The minimum absolute atomic E-state index is 0.156. The summed E-state index contributed by atoms with van der Waals surface area (Å²) in [6, 6.07) is -0.542. The summed E-state index contributed by atoms with van der Waals surface area (Å²) in [6.45, 7) is 2.87. The lowest BCUT2D eigenvalue weighted by Crippen LogP contribution is -2.51. The summed E-state index contributed by atoms with van der Waals surface area (Å²) in [6.07, 6.45) is 7.47. The molecule has 3 aliphatic rings. The van der Waals surface area contributed by atoms with Crippen LogP contribution in [0.4, 0.5) is 4.79 Å². The van der Waals surface area contributed by atoms with Crippen molar-refractivity contribution in [1.82, 2.24) is 10.2 Å². The fourth-order valence-electron chi connectivity index (χ4n) is 4.49. The molecule has 5 nitrogen and oxygen atoms in total. The highest BCUT2D eigenvalue weighted by atomic mass is 16.4. The fourth-order valence-corrected chi connectivity index (χ4v) is 4.49. The van der Waals surface area contributed by atoms with Crippen LogP contribution in [0.2, 0.25) is 0 Å².